The van der Waals surface area contributed by atoms with E-state index in [0.29, 0.717) is 10.8 Å². The van der Waals surface area contributed by atoms with Gasteiger partial charge in [-0.3, -0.25) is 9.59 Å². The molecule has 0 bridgehead atoms. The standard InChI is InChI=1S/C32H25N3O5S2/c1-40-23-13-7-11-21(17-23)27-19-41-32(34-27)35-30(37)28(20-9-3-2-4-10-20)42-24-14-8-12-22(18-24)33-29(36)25-15-5-6-16-26(25)31(38)39/h2-19,28H,1H3,(H,33,36)(H,38,39)(H,34,35,37). The summed E-state index contributed by atoms with van der Waals surface area (Å²) in [5.74, 6) is -1.25. The molecule has 0 fully saturated rings. The van der Waals surface area contributed by atoms with Crippen molar-refractivity contribution in [3.63, 3.8) is 0 Å². The lowest BCUT2D eigenvalue weighted by Crippen LogP contribution is -2.19. The molecule has 3 N–H and O–H groups in total. The van der Waals surface area contributed by atoms with Crippen molar-refractivity contribution in [2.24, 2.45) is 0 Å². The third-order valence-corrected chi connectivity index (χ3v) is 8.19. The molecule has 5 rings (SSSR count). The Balaban J connectivity index is 1.34. The maximum Gasteiger partial charge on any atom is 0.336 e. The number of ether oxygens (including phenoxy) is 1. The van der Waals surface area contributed by atoms with E-state index in [9.17, 15) is 19.5 Å². The summed E-state index contributed by atoms with van der Waals surface area (Å²) in [5, 5.41) is 16.9. The summed E-state index contributed by atoms with van der Waals surface area (Å²) in [6.45, 7) is 0. The molecule has 210 valence electrons. The highest BCUT2D eigenvalue weighted by Crippen LogP contribution is 2.38. The van der Waals surface area contributed by atoms with Crippen LogP contribution in [0.1, 0.15) is 31.5 Å². The van der Waals surface area contributed by atoms with E-state index in [2.05, 4.69) is 15.6 Å². The van der Waals surface area contributed by atoms with Crippen LogP contribution in [0.3, 0.4) is 0 Å². The van der Waals surface area contributed by atoms with E-state index in [1.54, 1.807) is 37.4 Å². The van der Waals surface area contributed by atoms with Gasteiger partial charge < -0.3 is 20.5 Å². The Hall–Kier alpha value is -4.93. The number of amides is 2. The highest BCUT2D eigenvalue weighted by atomic mass is 32.2. The Morgan fingerprint density at radius 1 is 0.857 bits per heavy atom. The number of hydrogen-bond donors (Lipinski definition) is 3. The Kier molecular flexibility index (Phi) is 8.96. The third-order valence-electron chi connectivity index (χ3n) is 6.19. The Morgan fingerprint density at radius 2 is 1.60 bits per heavy atom. The molecule has 2 amide bonds. The van der Waals surface area contributed by atoms with Crippen molar-refractivity contribution in [2.45, 2.75) is 10.1 Å². The molecule has 1 atom stereocenters. The molecule has 0 saturated heterocycles. The van der Waals surface area contributed by atoms with E-state index in [0.717, 1.165) is 27.5 Å². The van der Waals surface area contributed by atoms with E-state index < -0.39 is 17.1 Å². The second kappa shape index (κ2) is 13.2. The van der Waals surface area contributed by atoms with Gasteiger partial charge in [0.1, 0.15) is 11.0 Å². The Morgan fingerprint density at radius 3 is 2.36 bits per heavy atom. The van der Waals surface area contributed by atoms with Gasteiger partial charge in [-0.05, 0) is 48.0 Å². The van der Waals surface area contributed by atoms with Crippen LogP contribution >= 0.6 is 23.1 Å². The number of aromatic nitrogens is 1. The largest absolute Gasteiger partial charge is 0.497 e. The molecule has 10 heteroatoms. The van der Waals surface area contributed by atoms with Gasteiger partial charge >= 0.3 is 5.97 Å². The fourth-order valence-electron chi connectivity index (χ4n) is 4.17. The number of methoxy groups -OCH3 is 1. The molecule has 1 aromatic heterocycles. The van der Waals surface area contributed by atoms with E-state index >= 15 is 0 Å². The second-order valence-electron chi connectivity index (χ2n) is 9.00. The minimum Gasteiger partial charge on any atom is -0.497 e. The van der Waals surface area contributed by atoms with Gasteiger partial charge in [0, 0.05) is 21.5 Å². The number of carboxylic acids is 1. The molecule has 4 aromatic carbocycles. The maximum absolute atomic E-state index is 13.6. The Bertz CT molecular complexity index is 1740. The summed E-state index contributed by atoms with van der Waals surface area (Å²) in [5.41, 5.74) is 2.85. The quantitative estimate of drug-likeness (QED) is 0.146. The summed E-state index contributed by atoms with van der Waals surface area (Å²) in [4.78, 5) is 43.4. The molecule has 0 aliphatic rings. The zero-order valence-electron chi connectivity index (χ0n) is 22.3. The molecule has 42 heavy (non-hydrogen) atoms. The van der Waals surface area contributed by atoms with Crippen LogP contribution in [0, 0.1) is 0 Å². The molecular weight excluding hydrogens is 571 g/mol. The molecule has 1 heterocycles. The van der Waals surface area contributed by atoms with Crippen molar-refractivity contribution < 1.29 is 24.2 Å². The van der Waals surface area contributed by atoms with Crippen LogP contribution in [-0.2, 0) is 4.79 Å². The van der Waals surface area contributed by atoms with Crippen molar-refractivity contribution in [1.82, 2.24) is 4.98 Å². The predicted molar refractivity (Wildman–Crippen MR) is 166 cm³/mol. The summed E-state index contributed by atoms with van der Waals surface area (Å²) in [6.07, 6.45) is 0. The minimum atomic E-state index is -1.18. The number of benzene rings is 4. The molecule has 0 aliphatic heterocycles. The number of thiazole rings is 1. The zero-order chi connectivity index (χ0) is 29.5. The van der Waals surface area contributed by atoms with Crippen LogP contribution in [0.25, 0.3) is 11.3 Å². The van der Waals surface area contributed by atoms with Crippen molar-refractivity contribution in [3.8, 4) is 17.0 Å². The highest BCUT2D eigenvalue weighted by molar-refractivity contribution is 8.00. The second-order valence-corrected chi connectivity index (χ2v) is 11.0. The normalized spacial score (nSPS) is 11.4. The van der Waals surface area contributed by atoms with Crippen molar-refractivity contribution >= 4 is 51.7 Å². The van der Waals surface area contributed by atoms with Gasteiger partial charge in [-0.15, -0.1) is 23.1 Å². The first-order valence-electron chi connectivity index (χ1n) is 12.8. The molecule has 5 aromatic rings. The van der Waals surface area contributed by atoms with Crippen LogP contribution in [0.5, 0.6) is 5.75 Å². The van der Waals surface area contributed by atoms with E-state index in [1.807, 2.05) is 66.0 Å². The first-order chi connectivity index (χ1) is 20.4. The first-order valence-corrected chi connectivity index (χ1v) is 14.5. The Labute approximate surface area is 250 Å². The molecule has 0 spiro atoms. The fraction of sp³-hybridized carbons (Fsp3) is 0.0625. The number of hydrogen-bond acceptors (Lipinski definition) is 7. The lowest BCUT2D eigenvalue weighted by Gasteiger charge is -2.17. The number of nitrogens with zero attached hydrogens (tertiary/aromatic N) is 1. The van der Waals surface area contributed by atoms with Crippen LogP contribution in [0.15, 0.2) is 113 Å². The monoisotopic (exact) mass is 595 g/mol. The number of carboxylic acid groups (broad SMARTS) is 1. The number of thioether (sulfide) groups is 1. The average Bonchev–Trinajstić information content (AvgIpc) is 3.49. The molecule has 1 unspecified atom stereocenters. The van der Waals surface area contributed by atoms with E-state index in [4.69, 9.17) is 4.74 Å². The number of aromatic carboxylic acids is 1. The van der Waals surface area contributed by atoms with Gasteiger partial charge in [0.2, 0.25) is 5.91 Å². The minimum absolute atomic E-state index is 0.0568. The van der Waals surface area contributed by atoms with Crippen molar-refractivity contribution in [2.75, 3.05) is 17.7 Å². The topological polar surface area (TPSA) is 118 Å². The molecule has 0 saturated carbocycles. The number of nitrogens with one attached hydrogen (secondary N) is 2. The summed E-state index contributed by atoms with van der Waals surface area (Å²) < 4.78 is 5.31. The first kappa shape index (κ1) is 28.6. The average molecular weight is 596 g/mol. The van der Waals surface area contributed by atoms with E-state index in [1.165, 1.54) is 35.2 Å². The fourth-order valence-corrected chi connectivity index (χ4v) is 5.97. The van der Waals surface area contributed by atoms with Crippen LogP contribution in [0.2, 0.25) is 0 Å². The van der Waals surface area contributed by atoms with Gasteiger partial charge in [-0.2, -0.15) is 0 Å². The number of anilines is 2. The molecule has 0 radical (unpaired) electrons. The van der Waals surface area contributed by atoms with Gasteiger partial charge in [-0.1, -0.05) is 60.7 Å². The molecular formula is C32H25N3O5S2. The number of rotatable bonds is 10. The van der Waals surface area contributed by atoms with Crippen LogP contribution in [0.4, 0.5) is 10.8 Å². The SMILES string of the molecule is COc1cccc(-c2csc(NC(=O)C(Sc3cccc(NC(=O)c4ccccc4C(=O)O)c3)c3ccccc3)n2)c1. The summed E-state index contributed by atoms with van der Waals surface area (Å²) >= 11 is 2.66. The lowest BCUT2D eigenvalue weighted by molar-refractivity contribution is -0.115. The summed E-state index contributed by atoms with van der Waals surface area (Å²) in [7, 11) is 1.61. The zero-order valence-corrected chi connectivity index (χ0v) is 23.9. The highest BCUT2D eigenvalue weighted by Gasteiger charge is 2.24. The van der Waals surface area contributed by atoms with Crippen LogP contribution in [-0.4, -0.2) is 35.0 Å². The van der Waals surface area contributed by atoms with Crippen molar-refractivity contribution in [3.05, 3.63) is 125 Å². The predicted octanol–water partition coefficient (Wildman–Crippen LogP) is 7.24. The number of carbonyl (C=O) groups is 3. The summed E-state index contributed by atoms with van der Waals surface area (Å²) in [6, 6.07) is 30.0. The van der Waals surface area contributed by atoms with Crippen LogP contribution < -0.4 is 15.4 Å². The van der Waals surface area contributed by atoms with Gasteiger partial charge in [0.15, 0.2) is 5.13 Å². The lowest BCUT2D eigenvalue weighted by atomic mass is 10.1. The maximum atomic E-state index is 13.6. The van der Waals surface area contributed by atoms with E-state index in [-0.39, 0.29) is 17.0 Å². The molecule has 0 aliphatic carbocycles. The molecule has 8 nitrogen and oxygen atoms in total. The van der Waals surface area contributed by atoms with Crippen molar-refractivity contribution in [1.29, 1.82) is 0 Å². The number of carbonyl (C=O) groups excluding carboxylic acids is 2. The third kappa shape index (κ3) is 6.85. The van der Waals surface area contributed by atoms with Gasteiger partial charge in [0.05, 0.1) is 23.9 Å². The smallest absolute Gasteiger partial charge is 0.336 e. The van der Waals surface area contributed by atoms with Gasteiger partial charge in [-0.25, -0.2) is 9.78 Å². The van der Waals surface area contributed by atoms with Gasteiger partial charge in [0.25, 0.3) is 5.91 Å².